The van der Waals surface area contributed by atoms with Crippen molar-refractivity contribution in [2.45, 2.75) is 26.4 Å². The third-order valence-electron chi connectivity index (χ3n) is 4.58. The summed E-state index contributed by atoms with van der Waals surface area (Å²) in [5.41, 5.74) is -0.108. The van der Waals surface area contributed by atoms with Crippen molar-refractivity contribution >= 4 is 5.96 Å². The van der Waals surface area contributed by atoms with Gasteiger partial charge in [0.2, 0.25) is 0 Å². The predicted octanol–water partition coefficient (Wildman–Crippen LogP) is 1.42. The molecule has 1 fully saturated rings. The van der Waals surface area contributed by atoms with Gasteiger partial charge in [-0.1, -0.05) is 37.3 Å². The summed E-state index contributed by atoms with van der Waals surface area (Å²) in [5.74, 6) is 1.25. The van der Waals surface area contributed by atoms with E-state index >= 15 is 0 Å². The highest BCUT2D eigenvalue weighted by Crippen LogP contribution is 2.20. The second-order valence-electron chi connectivity index (χ2n) is 7.23. The molecule has 0 bridgehead atoms. The second kappa shape index (κ2) is 10.5. The summed E-state index contributed by atoms with van der Waals surface area (Å²) in [4.78, 5) is 7.04. The fourth-order valence-electron chi connectivity index (χ4n) is 3.02. The Balaban J connectivity index is 1.85. The first kappa shape index (κ1) is 20.7. The summed E-state index contributed by atoms with van der Waals surface area (Å²) >= 11 is 0. The molecule has 2 atom stereocenters. The van der Waals surface area contributed by atoms with Gasteiger partial charge in [0.05, 0.1) is 19.8 Å². The molecule has 6 nitrogen and oxygen atoms in total. The highest BCUT2D eigenvalue weighted by atomic mass is 16.5. The highest BCUT2D eigenvalue weighted by Gasteiger charge is 2.22. The lowest BCUT2D eigenvalue weighted by molar-refractivity contribution is 0.0320. The smallest absolute Gasteiger partial charge is 0.191 e. The van der Waals surface area contributed by atoms with Gasteiger partial charge in [-0.05, 0) is 25.3 Å². The molecule has 1 aromatic carbocycles. The van der Waals surface area contributed by atoms with Crippen LogP contribution < -0.4 is 10.6 Å². The molecule has 1 aromatic rings. The summed E-state index contributed by atoms with van der Waals surface area (Å²) in [5, 5.41) is 17.4. The molecule has 2 unspecified atom stereocenters. The minimum atomic E-state index is -0.983. The number of morpholine rings is 1. The molecule has 1 heterocycles. The molecule has 3 N–H and O–H groups in total. The van der Waals surface area contributed by atoms with Crippen LogP contribution in [0, 0.1) is 5.92 Å². The zero-order valence-electron chi connectivity index (χ0n) is 16.4. The number of benzene rings is 1. The topological polar surface area (TPSA) is 69.1 Å². The van der Waals surface area contributed by atoms with Crippen molar-refractivity contribution in [1.82, 2.24) is 15.5 Å². The fourth-order valence-corrected chi connectivity index (χ4v) is 3.02. The molecule has 1 saturated heterocycles. The average molecular weight is 363 g/mol. The van der Waals surface area contributed by atoms with Crippen molar-refractivity contribution in [1.29, 1.82) is 0 Å². The van der Waals surface area contributed by atoms with E-state index in [-0.39, 0.29) is 0 Å². The number of hydrogen-bond donors (Lipinski definition) is 3. The lowest BCUT2D eigenvalue weighted by Crippen LogP contribution is -2.44. The summed E-state index contributed by atoms with van der Waals surface area (Å²) in [7, 11) is 0. The Bertz CT molecular complexity index is 542. The molecule has 0 amide bonds. The normalized spacial score (nSPS) is 19.6. The van der Waals surface area contributed by atoms with Gasteiger partial charge >= 0.3 is 0 Å². The zero-order valence-corrected chi connectivity index (χ0v) is 16.4. The van der Waals surface area contributed by atoms with Gasteiger partial charge in [-0.25, -0.2) is 4.99 Å². The SMILES string of the molecule is CCNC(=NCC(C)(O)c1ccccc1)NCC(C)CN1CCOCC1. The van der Waals surface area contributed by atoms with Crippen molar-refractivity contribution in [3.8, 4) is 0 Å². The standard InChI is InChI=1S/C20H34N4O2/c1-4-21-19(22-14-17(2)15-24-10-12-26-13-11-24)23-16-20(3,25)18-8-6-5-7-9-18/h5-9,17,25H,4,10-16H2,1-3H3,(H2,21,22,23). The molecule has 2 rings (SSSR count). The first-order valence-corrected chi connectivity index (χ1v) is 9.61. The molecular formula is C20H34N4O2. The number of rotatable bonds is 8. The van der Waals surface area contributed by atoms with E-state index in [2.05, 4.69) is 27.4 Å². The minimum absolute atomic E-state index is 0.310. The molecule has 0 aromatic heterocycles. The van der Waals surface area contributed by atoms with E-state index in [1.807, 2.05) is 37.3 Å². The van der Waals surface area contributed by atoms with Crippen molar-refractivity contribution < 1.29 is 9.84 Å². The van der Waals surface area contributed by atoms with E-state index in [9.17, 15) is 5.11 Å². The van der Waals surface area contributed by atoms with E-state index in [4.69, 9.17) is 4.74 Å². The minimum Gasteiger partial charge on any atom is -0.384 e. The zero-order chi connectivity index (χ0) is 18.8. The van der Waals surface area contributed by atoms with Crippen LogP contribution in [0.4, 0.5) is 0 Å². The molecule has 0 radical (unpaired) electrons. The second-order valence-corrected chi connectivity index (χ2v) is 7.23. The fraction of sp³-hybridized carbons (Fsp3) is 0.650. The van der Waals surface area contributed by atoms with E-state index in [0.717, 1.165) is 57.5 Å². The first-order chi connectivity index (χ1) is 12.5. The number of nitrogens with zero attached hydrogens (tertiary/aromatic N) is 2. The van der Waals surface area contributed by atoms with Gasteiger partial charge in [0, 0.05) is 32.7 Å². The van der Waals surface area contributed by atoms with Crippen LogP contribution in [0.5, 0.6) is 0 Å². The van der Waals surface area contributed by atoms with Gasteiger partial charge in [-0.15, -0.1) is 0 Å². The van der Waals surface area contributed by atoms with Crippen LogP contribution in [0.15, 0.2) is 35.3 Å². The van der Waals surface area contributed by atoms with Gasteiger partial charge in [-0.2, -0.15) is 0 Å². The van der Waals surface area contributed by atoms with Gasteiger partial charge < -0.3 is 20.5 Å². The number of hydrogen-bond acceptors (Lipinski definition) is 4. The maximum Gasteiger partial charge on any atom is 0.191 e. The van der Waals surface area contributed by atoms with Crippen LogP contribution in [0.2, 0.25) is 0 Å². The Kier molecular flexibility index (Phi) is 8.35. The van der Waals surface area contributed by atoms with Gasteiger partial charge in [0.1, 0.15) is 5.60 Å². The lowest BCUT2D eigenvalue weighted by atomic mass is 9.96. The third kappa shape index (κ3) is 6.94. The quantitative estimate of drug-likeness (QED) is 0.482. The van der Waals surface area contributed by atoms with E-state index in [1.54, 1.807) is 6.92 Å². The van der Waals surface area contributed by atoms with E-state index in [0.29, 0.717) is 12.5 Å². The maximum atomic E-state index is 10.7. The first-order valence-electron chi connectivity index (χ1n) is 9.61. The Morgan fingerprint density at radius 2 is 1.96 bits per heavy atom. The Labute approximate surface area is 157 Å². The Hall–Kier alpha value is -1.63. The molecule has 146 valence electrons. The Morgan fingerprint density at radius 1 is 1.27 bits per heavy atom. The average Bonchev–Trinajstić information content (AvgIpc) is 2.65. The molecule has 0 aliphatic carbocycles. The molecular weight excluding hydrogens is 328 g/mol. The van der Waals surface area contributed by atoms with Gasteiger partial charge in [-0.3, -0.25) is 4.90 Å². The molecule has 26 heavy (non-hydrogen) atoms. The number of nitrogens with one attached hydrogen (secondary N) is 2. The van der Waals surface area contributed by atoms with Gasteiger partial charge in [0.25, 0.3) is 0 Å². The van der Waals surface area contributed by atoms with Crippen LogP contribution in [0.1, 0.15) is 26.3 Å². The summed E-state index contributed by atoms with van der Waals surface area (Å²) < 4.78 is 5.40. The Morgan fingerprint density at radius 3 is 2.62 bits per heavy atom. The van der Waals surface area contributed by atoms with Crippen molar-refractivity contribution in [2.24, 2.45) is 10.9 Å². The van der Waals surface area contributed by atoms with Crippen molar-refractivity contribution in [3.05, 3.63) is 35.9 Å². The van der Waals surface area contributed by atoms with Crippen molar-refractivity contribution in [3.63, 3.8) is 0 Å². The lowest BCUT2D eigenvalue weighted by Gasteiger charge is -2.29. The van der Waals surface area contributed by atoms with Gasteiger partial charge in [0.15, 0.2) is 5.96 Å². The summed E-state index contributed by atoms with van der Waals surface area (Å²) in [6.45, 7) is 12.8. The third-order valence-corrected chi connectivity index (χ3v) is 4.58. The van der Waals surface area contributed by atoms with Crippen LogP contribution in [0.25, 0.3) is 0 Å². The predicted molar refractivity (Wildman–Crippen MR) is 106 cm³/mol. The van der Waals surface area contributed by atoms with E-state index < -0.39 is 5.60 Å². The largest absolute Gasteiger partial charge is 0.384 e. The number of guanidine groups is 1. The molecule has 1 aliphatic rings. The number of aliphatic hydroxyl groups is 1. The number of aliphatic imine (C=N–C) groups is 1. The maximum absolute atomic E-state index is 10.7. The molecule has 0 saturated carbocycles. The van der Waals surface area contributed by atoms with Crippen LogP contribution >= 0.6 is 0 Å². The van der Waals surface area contributed by atoms with Crippen LogP contribution in [-0.2, 0) is 10.3 Å². The van der Waals surface area contributed by atoms with Crippen LogP contribution in [-0.4, -0.2) is 68.4 Å². The summed E-state index contributed by atoms with van der Waals surface area (Å²) in [6, 6.07) is 9.68. The molecule has 1 aliphatic heterocycles. The molecule has 0 spiro atoms. The van der Waals surface area contributed by atoms with Crippen molar-refractivity contribution in [2.75, 3.05) is 52.5 Å². The monoisotopic (exact) mass is 362 g/mol. The van der Waals surface area contributed by atoms with Crippen LogP contribution in [0.3, 0.4) is 0 Å². The summed E-state index contributed by atoms with van der Waals surface area (Å²) in [6.07, 6.45) is 0. The highest BCUT2D eigenvalue weighted by molar-refractivity contribution is 5.79. The molecule has 6 heteroatoms. The number of ether oxygens (including phenoxy) is 1. The van der Waals surface area contributed by atoms with E-state index in [1.165, 1.54) is 0 Å².